The van der Waals surface area contributed by atoms with Crippen LogP contribution in [0, 0.1) is 0 Å². The third kappa shape index (κ3) is 2.39. The Morgan fingerprint density at radius 3 is 2.87 bits per heavy atom. The van der Waals surface area contributed by atoms with E-state index in [2.05, 4.69) is 17.2 Å². The van der Waals surface area contributed by atoms with Gasteiger partial charge in [-0.3, -0.25) is 9.78 Å². The van der Waals surface area contributed by atoms with E-state index in [0.717, 1.165) is 16.9 Å². The van der Waals surface area contributed by atoms with Crippen LogP contribution in [0.3, 0.4) is 0 Å². The van der Waals surface area contributed by atoms with Crippen LogP contribution in [0.4, 0.5) is 0 Å². The SMILES string of the molecule is CCC1=CC(=O)NC(c2ccncc2)S1. The van der Waals surface area contributed by atoms with Crippen molar-refractivity contribution in [3.05, 3.63) is 41.1 Å². The van der Waals surface area contributed by atoms with E-state index < -0.39 is 0 Å². The van der Waals surface area contributed by atoms with E-state index >= 15 is 0 Å². The van der Waals surface area contributed by atoms with Crippen LogP contribution in [0.2, 0.25) is 0 Å². The quantitative estimate of drug-likeness (QED) is 0.831. The maximum Gasteiger partial charge on any atom is 0.245 e. The zero-order chi connectivity index (χ0) is 10.7. The summed E-state index contributed by atoms with van der Waals surface area (Å²) in [4.78, 5) is 16.5. The first-order valence-corrected chi connectivity index (χ1v) is 5.75. The van der Waals surface area contributed by atoms with E-state index in [4.69, 9.17) is 0 Å². The van der Waals surface area contributed by atoms with Crippen molar-refractivity contribution in [3.63, 3.8) is 0 Å². The molecule has 15 heavy (non-hydrogen) atoms. The van der Waals surface area contributed by atoms with Crippen LogP contribution in [0.25, 0.3) is 0 Å². The lowest BCUT2D eigenvalue weighted by atomic mass is 10.2. The van der Waals surface area contributed by atoms with Gasteiger partial charge in [-0.05, 0) is 29.0 Å². The van der Waals surface area contributed by atoms with Crippen molar-refractivity contribution in [2.75, 3.05) is 0 Å². The first kappa shape index (κ1) is 10.2. The maximum atomic E-state index is 11.4. The van der Waals surface area contributed by atoms with E-state index in [1.165, 1.54) is 0 Å². The van der Waals surface area contributed by atoms with Crippen LogP contribution < -0.4 is 5.32 Å². The number of pyridine rings is 1. The van der Waals surface area contributed by atoms with E-state index in [-0.39, 0.29) is 11.3 Å². The Balaban J connectivity index is 2.20. The van der Waals surface area contributed by atoms with E-state index in [0.29, 0.717) is 0 Å². The number of carbonyl (C=O) groups is 1. The van der Waals surface area contributed by atoms with Crippen LogP contribution in [0.15, 0.2) is 35.5 Å². The van der Waals surface area contributed by atoms with Crippen molar-refractivity contribution in [1.29, 1.82) is 0 Å². The molecule has 0 bridgehead atoms. The third-order valence-electron chi connectivity index (χ3n) is 2.19. The molecule has 1 aliphatic rings. The fourth-order valence-corrected chi connectivity index (χ4v) is 2.52. The number of nitrogens with one attached hydrogen (secondary N) is 1. The Bertz CT molecular complexity index is 389. The fraction of sp³-hybridized carbons (Fsp3) is 0.273. The Morgan fingerprint density at radius 2 is 2.20 bits per heavy atom. The van der Waals surface area contributed by atoms with Gasteiger partial charge in [-0.2, -0.15) is 0 Å². The fourth-order valence-electron chi connectivity index (χ4n) is 1.41. The minimum absolute atomic E-state index is 0.00703. The Kier molecular flexibility index (Phi) is 3.06. The largest absolute Gasteiger partial charge is 0.336 e. The van der Waals surface area contributed by atoms with Crippen molar-refractivity contribution < 1.29 is 4.79 Å². The second-order valence-electron chi connectivity index (χ2n) is 3.25. The minimum atomic E-state index is -0.00703. The first-order valence-electron chi connectivity index (χ1n) is 4.87. The monoisotopic (exact) mass is 220 g/mol. The lowest BCUT2D eigenvalue weighted by Crippen LogP contribution is -2.28. The van der Waals surface area contributed by atoms with E-state index in [1.807, 2.05) is 12.1 Å². The van der Waals surface area contributed by atoms with Crippen molar-refractivity contribution in [2.45, 2.75) is 18.7 Å². The molecular formula is C11H12N2OS. The number of thioether (sulfide) groups is 1. The molecule has 1 N–H and O–H groups in total. The molecule has 0 spiro atoms. The number of hydrogen-bond acceptors (Lipinski definition) is 3. The van der Waals surface area contributed by atoms with Gasteiger partial charge in [-0.15, -0.1) is 11.8 Å². The van der Waals surface area contributed by atoms with Crippen LogP contribution in [0.5, 0.6) is 0 Å². The van der Waals surface area contributed by atoms with Crippen LogP contribution in [0.1, 0.15) is 24.3 Å². The number of hydrogen-bond donors (Lipinski definition) is 1. The summed E-state index contributed by atoms with van der Waals surface area (Å²) < 4.78 is 0. The highest BCUT2D eigenvalue weighted by atomic mass is 32.2. The number of allylic oxidation sites excluding steroid dienone is 1. The average Bonchev–Trinajstić information content (AvgIpc) is 2.29. The lowest BCUT2D eigenvalue weighted by molar-refractivity contribution is -0.116. The van der Waals surface area contributed by atoms with Gasteiger partial charge in [-0.25, -0.2) is 0 Å². The number of carbonyl (C=O) groups excluding carboxylic acids is 1. The van der Waals surface area contributed by atoms with E-state index in [1.54, 1.807) is 30.2 Å². The Morgan fingerprint density at radius 1 is 1.47 bits per heavy atom. The molecule has 78 valence electrons. The molecule has 0 fully saturated rings. The van der Waals surface area contributed by atoms with Gasteiger partial charge in [0.05, 0.1) is 0 Å². The lowest BCUT2D eigenvalue weighted by Gasteiger charge is -2.23. The topological polar surface area (TPSA) is 42.0 Å². The summed E-state index contributed by atoms with van der Waals surface area (Å²) in [6, 6.07) is 3.85. The second-order valence-corrected chi connectivity index (χ2v) is 4.48. The summed E-state index contributed by atoms with van der Waals surface area (Å²) in [5, 5.41) is 2.94. The summed E-state index contributed by atoms with van der Waals surface area (Å²) in [6.07, 6.45) is 6.06. The predicted molar refractivity (Wildman–Crippen MR) is 61.1 cm³/mol. The van der Waals surface area contributed by atoms with Crippen molar-refractivity contribution >= 4 is 17.7 Å². The number of aromatic nitrogens is 1. The highest BCUT2D eigenvalue weighted by Gasteiger charge is 2.20. The summed E-state index contributed by atoms with van der Waals surface area (Å²) in [5.41, 5.74) is 1.09. The molecule has 1 amide bonds. The summed E-state index contributed by atoms with van der Waals surface area (Å²) in [5.74, 6) is -0.00703. The number of rotatable bonds is 2. The van der Waals surface area contributed by atoms with Crippen molar-refractivity contribution in [2.24, 2.45) is 0 Å². The molecular weight excluding hydrogens is 208 g/mol. The third-order valence-corrected chi connectivity index (χ3v) is 3.53. The molecule has 0 saturated carbocycles. The second kappa shape index (κ2) is 4.49. The zero-order valence-electron chi connectivity index (χ0n) is 8.43. The summed E-state index contributed by atoms with van der Waals surface area (Å²) in [6.45, 7) is 2.06. The van der Waals surface area contributed by atoms with Gasteiger partial charge < -0.3 is 5.32 Å². The van der Waals surface area contributed by atoms with Gasteiger partial charge in [-0.1, -0.05) is 6.92 Å². The molecule has 1 aromatic rings. The molecule has 0 aromatic carbocycles. The summed E-state index contributed by atoms with van der Waals surface area (Å²) in [7, 11) is 0. The normalized spacial score (nSPS) is 20.7. The van der Waals surface area contributed by atoms with Gasteiger partial charge in [0.15, 0.2) is 0 Å². The molecule has 0 aliphatic carbocycles. The smallest absolute Gasteiger partial charge is 0.245 e. The number of amides is 1. The van der Waals surface area contributed by atoms with Crippen molar-refractivity contribution in [1.82, 2.24) is 10.3 Å². The standard InChI is InChI=1S/C11H12N2OS/c1-2-9-7-10(14)13-11(15-9)8-3-5-12-6-4-8/h3-7,11H,2H2,1H3,(H,13,14). The molecule has 4 heteroatoms. The van der Waals surface area contributed by atoms with Gasteiger partial charge in [0.1, 0.15) is 5.37 Å². The highest BCUT2D eigenvalue weighted by molar-refractivity contribution is 8.03. The average molecular weight is 220 g/mol. The first-order chi connectivity index (χ1) is 7.29. The summed E-state index contributed by atoms with van der Waals surface area (Å²) >= 11 is 1.69. The molecule has 1 atom stereocenters. The molecule has 0 radical (unpaired) electrons. The molecule has 1 aliphatic heterocycles. The minimum Gasteiger partial charge on any atom is -0.336 e. The molecule has 2 heterocycles. The maximum absolute atomic E-state index is 11.4. The Labute approximate surface area is 93.0 Å². The highest BCUT2D eigenvalue weighted by Crippen LogP contribution is 2.36. The molecule has 0 saturated heterocycles. The van der Waals surface area contributed by atoms with Crippen LogP contribution in [-0.4, -0.2) is 10.9 Å². The van der Waals surface area contributed by atoms with Crippen LogP contribution >= 0.6 is 11.8 Å². The Hall–Kier alpha value is -1.29. The van der Waals surface area contributed by atoms with Gasteiger partial charge >= 0.3 is 0 Å². The molecule has 3 nitrogen and oxygen atoms in total. The molecule has 2 rings (SSSR count). The van der Waals surface area contributed by atoms with Crippen LogP contribution in [-0.2, 0) is 4.79 Å². The van der Waals surface area contributed by atoms with Crippen molar-refractivity contribution in [3.8, 4) is 0 Å². The molecule has 1 aromatic heterocycles. The van der Waals surface area contributed by atoms with Gasteiger partial charge in [0.25, 0.3) is 0 Å². The van der Waals surface area contributed by atoms with E-state index in [9.17, 15) is 4.79 Å². The van der Waals surface area contributed by atoms with Gasteiger partial charge in [0, 0.05) is 18.5 Å². The number of nitrogens with zero attached hydrogens (tertiary/aromatic N) is 1. The predicted octanol–water partition coefficient (Wildman–Crippen LogP) is 2.24. The van der Waals surface area contributed by atoms with Gasteiger partial charge in [0.2, 0.25) is 5.91 Å². The molecule has 1 unspecified atom stereocenters. The zero-order valence-corrected chi connectivity index (χ0v) is 9.25.